The van der Waals surface area contributed by atoms with Crippen molar-refractivity contribution in [2.75, 3.05) is 0 Å². The quantitative estimate of drug-likeness (QED) is 0.630. The van der Waals surface area contributed by atoms with Crippen molar-refractivity contribution in [1.29, 1.82) is 5.26 Å². The van der Waals surface area contributed by atoms with Gasteiger partial charge in [0.25, 0.3) is 0 Å². The van der Waals surface area contributed by atoms with Gasteiger partial charge in [-0.2, -0.15) is 5.26 Å². The standard InChI is InChI=1S/C14H17N/c1-6-13(8-15)14-11(4)9(2)7-10(3)12(14)5/h6-7H,1-5H3/b13-6+. The third-order valence-corrected chi connectivity index (χ3v) is 3.04. The molecule has 15 heavy (non-hydrogen) atoms. The van der Waals surface area contributed by atoms with E-state index in [0.717, 1.165) is 11.1 Å². The number of rotatable bonds is 1. The molecule has 0 spiro atoms. The van der Waals surface area contributed by atoms with E-state index in [0.29, 0.717) is 0 Å². The Balaban J connectivity index is 3.61. The fourth-order valence-electron chi connectivity index (χ4n) is 1.89. The van der Waals surface area contributed by atoms with Gasteiger partial charge >= 0.3 is 0 Å². The summed E-state index contributed by atoms with van der Waals surface area (Å²) in [5, 5.41) is 9.09. The van der Waals surface area contributed by atoms with Crippen molar-refractivity contribution in [3.8, 4) is 6.07 Å². The number of hydrogen-bond donors (Lipinski definition) is 0. The van der Waals surface area contributed by atoms with Crippen LogP contribution in [0.4, 0.5) is 0 Å². The van der Waals surface area contributed by atoms with Gasteiger partial charge in [0.05, 0.1) is 11.6 Å². The van der Waals surface area contributed by atoms with Crippen molar-refractivity contribution < 1.29 is 0 Å². The molecule has 0 aliphatic rings. The second-order valence-electron chi connectivity index (χ2n) is 3.95. The van der Waals surface area contributed by atoms with Crippen LogP contribution >= 0.6 is 0 Å². The van der Waals surface area contributed by atoms with Crippen molar-refractivity contribution >= 4 is 5.57 Å². The largest absolute Gasteiger partial charge is 0.192 e. The first-order valence-corrected chi connectivity index (χ1v) is 5.17. The van der Waals surface area contributed by atoms with Crippen molar-refractivity contribution in [3.63, 3.8) is 0 Å². The Kier molecular flexibility index (Phi) is 3.31. The molecule has 78 valence electrons. The Morgan fingerprint density at radius 3 is 1.93 bits per heavy atom. The Morgan fingerprint density at radius 1 is 1.13 bits per heavy atom. The molecule has 0 aliphatic heterocycles. The molecule has 0 aliphatic carbocycles. The van der Waals surface area contributed by atoms with E-state index in [1.807, 2.05) is 13.0 Å². The maximum Gasteiger partial charge on any atom is 0.0994 e. The van der Waals surface area contributed by atoms with Gasteiger partial charge in [-0.1, -0.05) is 12.1 Å². The van der Waals surface area contributed by atoms with Gasteiger partial charge in [-0.3, -0.25) is 0 Å². The normalized spacial score (nSPS) is 11.3. The molecule has 0 heterocycles. The maximum atomic E-state index is 9.09. The second-order valence-corrected chi connectivity index (χ2v) is 3.95. The second kappa shape index (κ2) is 4.31. The summed E-state index contributed by atoms with van der Waals surface area (Å²) in [6.07, 6.45) is 1.88. The summed E-state index contributed by atoms with van der Waals surface area (Å²) in [7, 11) is 0. The molecule has 1 aromatic rings. The molecule has 0 saturated heterocycles. The van der Waals surface area contributed by atoms with Gasteiger partial charge in [-0.15, -0.1) is 0 Å². The number of benzene rings is 1. The van der Waals surface area contributed by atoms with E-state index in [9.17, 15) is 0 Å². The third-order valence-electron chi connectivity index (χ3n) is 3.04. The lowest BCUT2D eigenvalue weighted by Crippen LogP contribution is -1.97. The molecular formula is C14H17N. The average Bonchev–Trinajstić information content (AvgIpc) is 2.21. The van der Waals surface area contributed by atoms with Gasteiger partial charge in [-0.25, -0.2) is 0 Å². The van der Waals surface area contributed by atoms with Crippen LogP contribution in [0.3, 0.4) is 0 Å². The highest BCUT2D eigenvalue weighted by molar-refractivity contribution is 5.81. The lowest BCUT2D eigenvalue weighted by Gasteiger charge is -2.14. The molecule has 1 aromatic carbocycles. The molecule has 1 nitrogen and oxygen atoms in total. The van der Waals surface area contributed by atoms with Crippen LogP contribution in [-0.4, -0.2) is 0 Å². The summed E-state index contributed by atoms with van der Waals surface area (Å²) in [5.74, 6) is 0. The topological polar surface area (TPSA) is 23.8 Å². The lowest BCUT2D eigenvalue weighted by atomic mass is 9.90. The number of allylic oxidation sites excluding steroid dienone is 2. The fraction of sp³-hybridized carbons (Fsp3) is 0.357. The summed E-state index contributed by atoms with van der Waals surface area (Å²) >= 11 is 0. The Morgan fingerprint density at radius 2 is 1.60 bits per heavy atom. The van der Waals surface area contributed by atoms with E-state index in [2.05, 4.69) is 39.8 Å². The molecule has 0 unspecified atom stereocenters. The van der Waals surface area contributed by atoms with E-state index < -0.39 is 0 Å². The van der Waals surface area contributed by atoms with Crippen LogP contribution in [0, 0.1) is 39.0 Å². The van der Waals surface area contributed by atoms with Crippen LogP contribution in [0.25, 0.3) is 5.57 Å². The van der Waals surface area contributed by atoms with Gasteiger partial charge in [-0.05, 0) is 62.4 Å². The molecule has 0 amide bonds. The van der Waals surface area contributed by atoms with E-state index >= 15 is 0 Å². The number of aryl methyl sites for hydroxylation is 2. The molecular weight excluding hydrogens is 182 g/mol. The minimum absolute atomic E-state index is 0.775. The maximum absolute atomic E-state index is 9.09. The minimum Gasteiger partial charge on any atom is -0.192 e. The van der Waals surface area contributed by atoms with Crippen molar-refractivity contribution in [2.45, 2.75) is 34.6 Å². The average molecular weight is 199 g/mol. The molecule has 0 fully saturated rings. The van der Waals surface area contributed by atoms with Crippen LogP contribution in [-0.2, 0) is 0 Å². The first-order valence-electron chi connectivity index (χ1n) is 5.17. The summed E-state index contributed by atoms with van der Waals surface area (Å²) < 4.78 is 0. The molecule has 0 radical (unpaired) electrons. The smallest absolute Gasteiger partial charge is 0.0994 e. The van der Waals surface area contributed by atoms with Gasteiger partial charge in [0.1, 0.15) is 0 Å². The molecule has 0 bridgehead atoms. The minimum atomic E-state index is 0.775. The Labute approximate surface area is 92.1 Å². The predicted molar refractivity (Wildman–Crippen MR) is 64.7 cm³/mol. The van der Waals surface area contributed by atoms with E-state index in [4.69, 9.17) is 5.26 Å². The van der Waals surface area contributed by atoms with Gasteiger partial charge in [0.15, 0.2) is 0 Å². The zero-order valence-corrected chi connectivity index (χ0v) is 10.1. The highest BCUT2D eigenvalue weighted by atomic mass is 14.3. The number of hydrogen-bond acceptors (Lipinski definition) is 1. The van der Waals surface area contributed by atoms with Crippen molar-refractivity contribution in [1.82, 2.24) is 0 Å². The predicted octanol–water partition coefficient (Wildman–Crippen LogP) is 3.85. The van der Waals surface area contributed by atoms with E-state index in [1.165, 1.54) is 22.3 Å². The summed E-state index contributed by atoms with van der Waals surface area (Å²) in [6, 6.07) is 4.44. The molecule has 0 atom stereocenters. The SMILES string of the molecule is C/C=C(\C#N)c1c(C)c(C)cc(C)c1C. The van der Waals surface area contributed by atoms with E-state index in [1.54, 1.807) is 0 Å². The molecule has 0 aromatic heterocycles. The molecule has 1 heteroatoms. The van der Waals surface area contributed by atoms with Gasteiger partial charge in [0.2, 0.25) is 0 Å². The molecule has 0 saturated carbocycles. The highest BCUT2D eigenvalue weighted by Gasteiger charge is 2.11. The summed E-state index contributed by atoms with van der Waals surface area (Å²) in [5.41, 5.74) is 6.82. The monoisotopic (exact) mass is 199 g/mol. The van der Waals surface area contributed by atoms with Crippen LogP contribution < -0.4 is 0 Å². The molecule has 0 N–H and O–H groups in total. The Hall–Kier alpha value is -1.55. The fourth-order valence-corrected chi connectivity index (χ4v) is 1.89. The van der Waals surface area contributed by atoms with Crippen LogP contribution in [0.1, 0.15) is 34.7 Å². The van der Waals surface area contributed by atoms with Crippen LogP contribution in [0.5, 0.6) is 0 Å². The van der Waals surface area contributed by atoms with Crippen molar-refractivity contribution in [2.24, 2.45) is 0 Å². The molecule has 1 rings (SSSR count). The van der Waals surface area contributed by atoms with Crippen LogP contribution in [0.15, 0.2) is 12.1 Å². The van der Waals surface area contributed by atoms with Crippen LogP contribution in [0.2, 0.25) is 0 Å². The Bertz CT molecular complexity index is 433. The van der Waals surface area contributed by atoms with Gasteiger partial charge in [0, 0.05) is 0 Å². The first-order chi connectivity index (χ1) is 7.02. The zero-order chi connectivity index (χ0) is 11.6. The van der Waals surface area contributed by atoms with Gasteiger partial charge < -0.3 is 0 Å². The zero-order valence-electron chi connectivity index (χ0n) is 10.1. The third kappa shape index (κ3) is 1.94. The lowest BCUT2D eigenvalue weighted by molar-refractivity contribution is 1.22. The summed E-state index contributed by atoms with van der Waals surface area (Å²) in [4.78, 5) is 0. The van der Waals surface area contributed by atoms with Crippen molar-refractivity contribution in [3.05, 3.63) is 40.0 Å². The summed E-state index contributed by atoms with van der Waals surface area (Å²) in [6.45, 7) is 10.3. The highest BCUT2D eigenvalue weighted by Crippen LogP contribution is 2.27. The van der Waals surface area contributed by atoms with E-state index in [-0.39, 0.29) is 0 Å². The first kappa shape index (κ1) is 11.5. The number of nitriles is 1. The number of nitrogens with zero attached hydrogens (tertiary/aromatic N) is 1.